The van der Waals surface area contributed by atoms with Gasteiger partial charge in [0.1, 0.15) is 0 Å². The van der Waals surface area contributed by atoms with Crippen LogP contribution in [-0.4, -0.2) is 23.7 Å². The first-order valence-corrected chi connectivity index (χ1v) is 6.86. The average Bonchev–Trinajstić information content (AvgIpc) is 2.70. The molecule has 0 aromatic heterocycles. The molecule has 0 saturated heterocycles. The Hall–Kier alpha value is -1.51. The number of hydrogen-bond donors (Lipinski definition) is 1. The van der Waals surface area contributed by atoms with E-state index in [0.717, 1.165) is 6.54 Å². The number of fused-ring (bicyclic) bond motifs is 1. The van der Waals surface area contributed by atoms with Gasteiger partial charge in [-0.15, -0.1) is 0 Å². The van der Waals surface area contributed by atoms with Crippen molar-refractivity contribution >= 4 is 11.7 Å². The van der Waals surface area contributed by atoms with Crippen molar-refractivity contribution in [1.29, 1.82) is 0 Å². The molecule has 1 heterocycles. The van der Waals surface area contributed by atoms with Crippen LogP contribution in [0.25, 0.3) is 0 Å². The van der Waals surface area contributed by atoms with Crippen molar-refractivity contribution in [3.8, 4) is 0 Å². The summed E-state index contributed by atoms with van der Waals surface area (Å²) in [4.78, 5) is 13.9. The van der Waals surface area contributed by atoms with E-state index in [1.807, 2.05) is 13.8 Å². The first-order valence-electron chi connectivity index (χ1n) is 6.86. The number of aliphatic carboxylic acids is 1. The number of hydrogen-bond acceptors (Lipinski definition) is 2. The van der Waals surface area contributed by atoms with Gasteiger partial charge in [0, 0.05) is 24.2 Å². The number of benzene rings is 1. The molecule has 0 amide bonds. The molecular formula is C16H23NO2. The summed E-state index contributed by atoms with van der Waals surface area (Å²) in [5, 5.41) is 9.52. The number of carboxylic acid groups (broad SMARTS) is 1. The molecule has 1 unspecified atom stereocenters. The molecule has 1 aliphatic heterocycles. The first-order chi connectivity index (χ1) is 8.76. The average molecular weight is 261 g/mol. The highest BCUT2D eigenvalue weighted by Crippen LogP contribution is 2.48. The second-order valence-corrected chi connectivity index (χ2v) is 6.33. The van der Waals surface area contributed by atoms with E-state index in [1.165, 1.54) is 16.8 Å². The molecule has 1 aromatic rings. The van der Waals surface area contributed by atoms with Gasteiger partial charge >= 0.3 is 5.97 Å². The lowest BCUT2D eigenvalue weighted by molar-refractivity contribution is -0.148. The smallest absolute Gasteiger partial charge is 0.309 e. The lowest BCUT2D eigenvalue weighted by Gasteiger charge is -2.29. The van der Waals surface area contributed by atoms with Crippen molar-refractivity contribution < 1.29 is 9.90 Å². The normalized spacial score (nSPS) is 18.8. The predicted molar refractivity (Wildman–Crippen MR) is 77.8 cm³/mol. The predicted octanol–water partition coefficient (Wildman–Crippen LogP) is 3.42. The minimum atomic E-state index is -0.746. The van der Waals surface area contributed by atoms with E-state index in [1.54, 1.807) is 0 Å². The Bertz CT molecular complexity index is 505. The van der Waals surface area contributed by atoms with E-state index in [4.69, 9.17) is 0 Å². The van der Waals surface area contributed by atoms with Gasteiger partial charge in [-0.2, -0.15) is 0 Å². The molecule has 0 aliphatic carbocycles. The van der Waals surface area contributed by atoms with E-state index in [9.17, 15) is 9.90 Å². The minimum Gasteiger partial charge on any atom is -0.481 e. The maximum Gasteiger partial charge on any atom is 0.309 e. The van der Waals surface area contributed by atoms with Gasteiger partial charge in [0.2, 0.25) is 0 Å². The fraction of sp³-hybridized carbons (Fsp3) is 0.562. The van der Waals surface area contributed by atoms with Crippen molar-refractivity contribution in [3.63, 3.8) is 0 Å². The summed E-state index contributed by atoms with van der Waals surface area (Å²) in [5.74, 6) is -0.680. The molecule has 0 saturated carbocycles. The molecule has 3 nitrogen and oxygen atoms in total. The molecular weight excluding hydrogens is 238 g/mol. The zero-order valence-electron chi connectivity index (χ0n) is 12.4. The van der Waals surface area contributed by atoms with Crippen LogP contribution < -0.4 is 4.90 Å². The largest absolute Gasteiger partial charge is 0.481 e. The van der Waals surface area contributed by atoms with Crippen molar-refractivity contribution in [3.05, 3.63) is 29.3 Å². The summed E-state index contributed by atoms with van der Waals surface area (Å²) in [6.45, 7) is 10.8. The molecule has 0 bridgehead atoms. The molecule has 3 heteroatoms. The second-order valence-electron chi connectivity index (χ2n) is 6.33. The monoisotopic (exact) mass is 261 g/mol. The van der Waals surface area contributed by atoms with E-state index >= 15 is 0 Å². The fourth-order valence-electron chi connectivity index (χ4n) is 2.98. The van der Waals surface area contributed by atoms with E-state index in [0.29, 0.717) is 6.04 Å². The molecule has 1 aromatic carbocycles. The molecule has 0 fully saturated rings. The van der Waals surface area contributed by atoms with E-state index < -0.39 is 11.4 Å². The third kappa shape index (κ3) is 2.11. The van der Waals surface area contributed by atoms with Gasteiger partial charge in [-0.3, -0.25) is 4.79 Å². The zero-order chi connectivity index (χ0) is 14.4. The zero-order valence-corrected chi connectivity index (χ0v) is 12.4. The third-order valence-electron chi connectivity index (χ3n) is 4.38. The summed E-state index contributed by atoms with van der Waals surface area (Å²) >= 11 is 0. The van der Waals surface area contributed by atoms with Gasteiger partial charge in [0.25, 0.3) is 0 Å². The van der Waals surface area contributed by atoms with Gasteiger partial charge in [-0.05, 0) is 51.8 Å². The standard InChI is InChI=1S/C16H23NO2/c1-10(2)17-9-12(16(4,5)15(18)19)14-11(3)7-6-8-13(14)17/h6-8,10,12H,9H2,1-5H3,(H,18,19). The van der Waals surface area contributed by atoms with Crippen LogP contribution in [0.15, 0.2) is 18.2 Å². The number of aryl methyl sites for hydroxylation is 1. The Morgan fingerprint density at radius 2 is 2.05 bits per heavy atom. The fourth-order valence-corrected chi connectivity index (χ4v) is 2.98. The van der Waals surface area contributed by atoms with Crippen LogP contribution in [0.5, 0.6) is 0 Å². The molecule has 1 aliphatic rings. The summed E-state index contributed by atoms with van der Waals surface area (Å²) in [5.41, 5.74) is 2.86. The van der Waals surface area contributed by atoms with Gasteiger partial charge < -0.3 is 10.0 Å². The Kier molecular flexibility index (Phi) is 3.33. The van der Waals surface area contributed by atoms with Crippen molar-refractivity contribution in [2.75, 3.05) is 11.4 Å². The third-order valence-corrected chi connectivity index (χ3v) is 4.38. The van der Waals surface area contributed by atoms with Crippen LogP contribution in [-0.2, 0) is 4.79 Å². The SMILES string of the molecule is Cc1cccc2c1C(C(C)(C)C(=O)O)CN2C(C)C. The maximum absolute atomic E-state index is 11.6. The quantitative estimate of drug-likeness (QED) is 0.906. The molecule has 0 radical (unpaired) electrons. The van der Waals surface area contributed by atoms with Crippen LogP contribution in [0, 0.1) is 12.3 Å². The Morgan fingerprint density at radius 3 is 2.58 bits per heavy atom. The van der Waals surface area contributed by atoms with Crippen LogP contribution in [0.1, 0.15) is 44.7 Å². The topological polar surface area (TPSA) is 40.5 Å². The van der Waals surface area contributed by atoms with Crippen LogP contribution in [0.3, 0.4) is 0 Å². The van der Waals surface area contributed by atoms with Crippen LogP contribution in [0.4, 0.5) is 5.69 Å². The number of carbonyl (C=O) groups is 1. The van der Waals surface area contributed by atoms with Gasteiger partial charge in [-0.25, -0.2) is 0 Å². The van der Waals surface area contributed by atoms with Crippen LogP contribution in [0.2, 0.25) is 0 Å². The summed E-state index contributed by atoms with van der Waals surface area (Å²) in [6, 6.07) is 6.63. The van der Waals surface area contributed by atoms with E-state index in [-0.39, 0.29) is 5.92 Å². The highest BCUT2D eigenvalue weighted by Gasteiger charge is 2.44. The van der Waals surface area contributed by atoms with Gasteiger partial charge in [-0.1, -0.05) is 12.1 Å². The van der Waals surface area contributed by atoms with Gasteiger partial charge in [0.05, 0.1) is 5.41 Å². The molecule has 0 spiro atoms. The van der Waals surface area contributed by atoms with Crippen molar-refractivity contribution in [2.24, 2.45) is 5.41 Å². The maximum atomic E-state index is 11.6. The highest BCUT2D eigenvalue weighted by molar-refractivity contribution is 5.78. The number of nitrogens with zero attached hydrogens (tertiary/aromatic N) is 1. The molecule has 1 atom stereocenters. The Morgan fingerprint density at radius 1 is 1.42 bits per heavy atom. The van der Waals surface area contributed by atoms with Crippen molar-refractivity contribution in [1.82, 2.24) is 0 Å². The Labute approximate surface area is 115 Å². The number of rotatable bonds is 3. The van der Waals surface area contributed by atoms with Gasteiger partial charge in [0.15, 0.2) is 0 Å². The molecule has 104 valence electrons. The summed E-state index contributed by atoms with van der Waals surface area (Å²) in [7, 11) is 0. The lowest BCUT2D eigenvalue weighted by Crippen LogP contribution is -2.36. The first kappa shape index (κ1) is 13.9. The Balaban J connectivity index is 2.55. The number of anilines is 1. The lowest BCUT2D eigenvalue weighted by atomic mass is 9.75. The molecule has 19 heavy (non-hydrogen) atoms. The van der Waals surface area contributed by atoms with Crippen LogP contribution >= 0.6 is 0 Å². The van der Waals surface area contributed by atoms with E-state index in [2.05, 4.69) is 43.9 Å². The van der Waals surface area contributed by atoms with Crippen molar-refractivity contribution in [2.45, 2.75) is 46.6 Å². The highest BCUT2D eigenvalue weighted by atomic mass is 16.4. The minimum absolute atomic E-state index is 0.0450. The second kappa shape index (κ2) is 4.55. The molecule has 1 N–H and O–H groups in total. The summed E-state index contributed by atoms with van der Waals surface area (Å²) < 4.78 is 0. The molecule has 2 rings (SSSR count). The number of carboxylic acids is 1. The summed E-state index contributed by atoms with van der Waals surface area (Å²) in [6.07, 6.45) is 0.